The fourth-order valence-corrected chi connectivity index (χ4v) is 5.81. The van der Waals surface area contributed by atoms with Gasteiger partial charge in [-0.1, -0.05) is 13.5 Å². The maximum Gasteiger partial charge on any atom is 0.267 e. The van der Waals surface area contributed by atoms with Crippen LogP contribution in [0.3, 0.4) is 0 Å². The number of rotatable bonds is 5. The minimum Gasteiger partial charge on any atom is -0.457 e. The first-order valence-electron chi connectivity index (χ1n) is 9.50. The molecule has 186 valence electrons. The number of aryl methyl sites for hydroxylation is 2. The van der Waals surface area contributed by atoms with Crippen LogP contribution >= 0.6 is 24.8 Å². The molecular weight excluding hydrogens is 489 g/mol. The number of hydrogen-bond acceptors (Lipinski definition) is 7. The summed E-state index contributed by atoms with van der Waals surface area (Å²) in [7, 11) is -0.659. The van der Waals surface area contributed by atoms with Gasteiger partial charge >= 0.3 is 0 Å². The van der Waals surface area contributed by atoms with Crippen LogP contribution in [0.2, 0.25) is 0 Å². The molecule has 1 aliphatic rings. The third kappa shape index (κ3) is 6.17. The highest BCUT2D eigenvalue weighted by Crippen LogP contribution is 2.32. The van der Waals surface area contributed by atoms with Crippen LogP contribution < -0.4 is 10.2 Å². The van der Waals surface area contributed by atoms with E-state index in [0.29, 0.717) is 18.2 Å². The van der Waals surface area contributed by atoms with Gasteiger partial charge in [-0.2, -0.15) is 0 Å². The second kappa shape index (κ2) is 12.0. The third-order valence-corrected chi connectivity index (χ3v) is 7.78. The Bertz CT molecular complexity index is 1040. The molecule has 2 aromatic carbocycles. The van der Waals surface area contributed by atoms with Crippen LogP contribution in [-0.2, 0) is 14.6 Å². The van der Waals surface area contributed by atoms with Crippen molar-refractivity contribution in [3.63, 3.8) is 0 Å². The van der Waals surface area contributed by atoms with Gasteiger partial charge in [-0.25, -0.2) is 13.9 Å². The summed E-state index contributed by atoms with van der Waals surface area (Å²) >= 11 is 0. The monoisotopic (exact) mass is 521 g/mol. The Morgan fingerprint density at radius 1 is 0.970 bits per heavy atom. The predicted molar refractivity (Wildman–Crippen MR) is 134 cm³/mol. The maximum absolute atomic E-state index is 13.5. The van der Waals surface area contributed by atoms with Crippen molar-refractivity contribution < 1.29 is 23.2 Å². The fourth-order valence-electron chi connectivity index (χ4n) is 3.80. The molecular formula is C22H33Cl2N3O5S. The van der Waals surface area contributed by atoms with Gasteiger partial charge in [0.15, 0.2) is 14.6 Å². The van der Waals surface area contributed by atoms with Crippen molar-refractivity contribution in [3.8, 4) is 11.5 Å². The van der Waals surface area contributed by atoms with Crippen LogP contribution in [0.4, 0.5) is 0 Å². The Balaban J connectivity index is 0.00000341. The van der Waals surface area contributed by atoms with Gasteiger partial charge < -0.3 is 4.74 Å². The summed E-state index contributed by atoms with van der Waals surface area (Å²) < 4.78 is 31.0. The Kier molecular flexibility index (Phi) is 11.3. The van der Waals surface area contributed by atoms with E-state index in [1.807, 2.05) is 32.0 Å². The molecule has 1 amide bonds. The second-order valence-corrected chi connectivity index (χ2v) is 10.2. The number of sulfone groups is 1. The van der Waals surface area contributed by atoms with Crippen molar-refractivity contribution in [2.24, 2.45) is 0 Å². The standard InChI is InChI=1S/C21H27N3O5S.CH4.2ClH/c1-15-5-6-18(11-16(15)2)29-17-7-9-19(10-8-17)30(27,28)21(20(25)22-26)12-23(3)14-24(4)13-21;;;/h5-11,26H,12-14H2,1-4H3,(H,22,25);1H4;2*1H. The lowest BCUT2D eigenvalue weighted by atomic mass is 10.1. The highest BCUT2D eigenvalue weighted by molar-refractivity contribution is 7.93. The molecule has 1 heterocycles. The van der Waals surface area contributed by atoms with E-state index in [0.717, 1.165) is 11.1 Å². The van der Waals surface area contributed by atoms with Gasteiger partial charge in [0.1, 0.15) is 11.5 Å². The number of hydroxylamine groups is 1. The molecule has 0 radical (unpaired) electrons. The molecule has 0 spiro atoms. The Morgan fingerprint density at radius 2 is 1.48 bits per heavy atom. The number of nitrogens with zero attached hydrogens (tertiary/aromatic N) is 2. The average Bonchev–Trinajstić information content (AvgIpc) is 2.69. The van der Waals surface area contributed by atoms with Crippen molar-refractivity contribution in [3.05, 3.63) is 53.6 Å². The molecule has 1 fully saturated rings. The van der Waals surface area contributed by atoms with E-state index in [9.17, 15) is 18.4 Å². The van der Waals surface area contributed by atoms with Crippen molar-refractivity contribution in [1.82, 2.24) is 15.3 Å². The lowest BCUT2D eigenvalue weighted by Gasteiger charge is -2.43. The van der Waals surface area contributed by atoms with Gasteiger partial charge in [0.25, 0.3) is 5.91 Å². The van der Waals surface area contributed by atoms with Crippen LogP contribution in [0.15, 0.2) is 47.4 Å². The third-order valence-electron chi connectivity index (χ3n) is 5.41. The molecule has 1 saturated heterocycles. The first kappa shape index (κ1) is 31.1. The molecule has 0 saturated carbocycles. The number of benzene rings is 2. The van der Waals surface area contributed by atoms with E-state index >= 15 is 0 Å². The Labute approximate surface area is 208 Å². The quantitative estimate of drug-likeness (QED) is 0.459. The minimum absolute atomic E-state index is 0. The van der Waals surface area contributed by atoms with E-state index in [2.05, 4.69) is 0 Å². The van der Waals surface area contributed by atoms with Crippen LogP contribution in [0.25, 0.3) is 0 Å². The molecule has 0 unspecified atom stereocenters. The summed E-state index contributed by atoms with van der Waals surface area (Å²) in [5.74, 6) is 0.187. The largest absolute Gasteiger partial charge is 0.457 e. The molecule has 0 bridgehead atoms. The maximum atomic E-state index is 13.5. The molecule has 2 N–H and O–H groups in total. The van der Waals surface area contributed by atoms with Gasteiger partial charge in [-0.15, -0.1) is 24.8 Å². The number of carbonyl (C=O) groups is 1. The van der Waals surface area contributed by atoms with Crippen molar-refractivity contribution in [2.75, 3.05) is 33.9 Å². The molecule has 0 aliphatic carbocycles. The summed E-state index contributed by atoms with van der Waals surface area (Å²) in [6, 6.07) is 11.7. The van der Waals surface area contributed by atoms with Gasteiger partial charge in [0.2, 0.25) is 0 Å². The SMILES string of the molecule is C.Cc1ccc(Oc2ccc(S(=O)(=O)C3(C(=O)NO)CN(C)CN(C)C3)cc2)cc1C.Cl.Cl. The highest BCUT2D eigenvalue weighted by Gasteiger charge is 2.54. The summed E-state index contributed by atoms with van der Waals surface area (Å²) in [4.78, 5) is 16.0. The van der Waals surface area contributed by atoms with Crippen molar-refractivity contribution in [1.29, 1.82) is 0 Å². The molecule has 1 aliphatic heterocycles. The fraction of sp³-hybridized carbons (Fsp3) is 0.409. The molecule has 0 atom stereocenters. The molecule has 11 heteroatoms. The number of nitrogens with one attached hydrogen (secondary N) is 1. The smallest absolute Gasteiger partial charge is 0.267 e. The number of ether oxygens (including phenoxy) is 1. The van der Waals surface area contributed by atoms with Crippen molar-refractivity contribution in [2.45, 2.75) is 30.9 Å². The number of carbonyl (C=O) groups excluding carboxylic acids is 1. The first-order chi connectivity index (χ1) is 14.1. The van der Waals surface area contributed by atoms with E-state index in [4.69, 9.17) is 4.74 Å². The molecule has 8 nitrogen and oxygen atoms in total. The molecule has 33 heavy (non-hydrogen) atoms. The highest BCUT2D eigenvalue weighted by atomic mass is 35.5. The Morgan fingerprint density at radius 3 is 1.97 bits per heavy atom. The van der Waals surface area contributed by atoms with Gasteiger partial charge in [0, 0.05) is 13.1 Å². The van der Waals surface area contributed by atoms with Crippen LogP contribution in [0.1, 0.15) is 18.6 Å². The first-order valence-corrected chi connectivity index (χ1v) is 11.0. The summed E-state index contributed by atoms with van der Waals surface area (Å²) in [5.41, 5.74) is 3.79. The zero-order valence-electron chi connectivity index (χ0n) is 18.4. The molecule has 2 aromatic rings. The van der Waals surface area contributed by atoms with Crippen LogP contribution in [-0.4, -0.2) is 67.9 Å². The van der Waals surface area contributed by atoms with Crippen molar-refractivity contribution >= 4 is 40.6 Å². The summed E-state index contributed by atoms with van der Waals surface area (Å²) in [6.45, 7) is 4.44. The summed E-state index contributed by atoms with van der Waals surface area (Å²) in [6.07, 6.45) is 0. The second-order valence-electron chi connectivity index (χ2n) is 7.93. The predicted octanol–water partition coefficient (Wildman–Crippen LogP) is 3.43. The minimum atomic E-state index is -4.11. The average molecular weight is 522 g/mol. The normalized spacial score (nSPS) is 15.9. The van der Waals surface area contributed by atoms with Crippen LogP contribution in [0.5, 0.6) is 11.5 Å². The van der Waals surface area contributed by atoms with Gasteiger partial charge in [-0.05, 0) is 75.5 Å². The molecule has 3 rings (SSSR count). The zero-order chi connectivity index (χ0) is 22.1. The van der Waals surface area contributed by atoms with E-state index in [1.165, 1.54) is 12.1 Å². The van der Waals surface area contributed by atoms with Crippen LogP contribution in [0, 0.1) is 13.8 Å². The van der Waals surface area contributed by atoms with E-state index in [-0.39, 0.29) is 50.2 Å². The summed E-state index contributed by atoms with van der Waals surface area (Å²) in [5, 5.41) is 9.26. The number of halogens is 2. The van der Waals surface area contributed by atoms with Gasteiger partial charge in [0.05, 0.1) is 11.6 Å². The lowest BCUT2D eigenvalue weighted by Crippen LogP contribution is -2.67. The lowest BCUT2D eigenvalue weighted by molar-refractivity contribution is -0.134. The van der Waals surface area contributed by atoms with Gasteiger partial charge in [-0.3, -0.25) is 19.8 Å². The number of hydrogen-bond donors (Lipinski definition) is 2. The number of amides is 1. The Hall–Kier alpha value is -1.88. The van der Waals surface area contributed by atoms with E-state index in [1.54, 1.807) is 41.5 Å². The topological polar surface area (TPSA) is 99.2 Å². The molecule has 0 aromatic heterocycles. The zero-order valence-corrected chi connectivity index (χ0v) is 20.8. The van der Waals surface area contributed by atoms with E-state index < -0.39 is 20.5 Å².